The van der Waals surface area contributed by atoms with E-state index >= 15 is 0 Å². The first-order valence-corrected chi connectivity index (χ1v) is 5.63. The van der Waals surface area contributed by atoms with Gasteiger partial charge in [0.15, 0.2) is 0 Å². The van der Waals surface area contributed by atoms with Gasteiger partial charge in [0.25, 0.3) is 0 Å². The molecule has 0 heterocycles. The topological polar surface area (TPSA) is 38.0 Å². The number of nitrogens with one attached hydrogen (secondary N) is 1. The van der Waals surface area contributed by atoms with Gasteiger partial charge in [-0.15, -0.1) is 0 Å². The first-order chi connectivity index (χ1) is 6.99. The Bertz CT molecular complexity index is 365. The van der Waals surface area contributed by atoms with Crippen LogP contribution in [0.2, 0.25) is 0 Å². The second-order valence-electron chi connectivity index (χ2n) is 5.21. The van der Waals surface area contributed by atoms with E-state index in [0.29, 0.717) is 0 Å². The van der Waals surface area contributed by atoms with E-state index in [0.717, 1.165) is 17.3 Å². The minimum atomic E-state index is 0.170. The molecule has 0 atom stereocenters. The number of aryl methyl sites for hydroxylation is 1. The Labute approximate surface area is 91.9 Å². The molecule has 1 aromatic rings. The highest BCUT2D eigenvalue weighted by atomic mass is 15.0. The molecule has 82 valence electrons. The Kier molecular flexibility index (Phi) is 2.37. The molecule has 2 nitrogen and oxygen atoms in total. The lowest BCUT2D eigenvalue weighted by atomic mass is 9.98. The summed E-state index contributed by atoms with van der Waals surface area (Å²) in [5, 5.41) is 3.55. The predicted octanol–water partition coefficient (Wildman–Crippen LogP) is 3.18. The molecule has 1 aromatic carbocycles. The number of hydrogen-bond acceptors (Lipinski definition) is 2. The molecule has 2 heteroatoms. The van der Waals surface area contributed by atoms with E-state index in [1.165, 1.54) is 18.4 Å². The van der Waals surface area contributed by atoms with E-state index in [9.17, 15) is 0 Å². The fraction of sp³-hybridized carbons (Fsp3) is 0.538. The van der Waals surface area contributed by atoms with Gasteiger partial charge in [0.2, 0.25) is 0 Å². The van der Waals surface area contributed by atoms with Gasteiger partial charge < -0.3 is 11.1 Å². The fourth-order valence-corrected chi connectivity index (χ4v) is 2.05. The van der Waals surface area contributed by atoms with Crippen LogP contribution < -0.4 is 11.1 Å². The second-order valence-corrected chi connectivity index (χ2v) is 5.21. The van der Waals surface area contributed by atoms with Crippen molar-refractivity contribution in [3.8, 4) is 0 Å². The molecular weight excluding hydrogens is 184 g/mol. The molecule has 15 heavy (non-hydrogen) atoms. The largest absolute Gasteiger partial charge is 0.397 e. The van der Waals surface area contributed by atoms with Gasteiger partial charge in [-0.2, -0.15) is 0 Å². The van der Waals surface area contributed by atoms with Crippen molar-refractivity contribution in [3.05, 3.63) is 23.8 Å². The van der Waals surface area contributed by atoms with Gasteiger partial charge in [0, 0.05) is 5.54 Å². The summed E-state index contributed by atoms with van der Waals surface area (Å²) in [7, 11) is 0. The summed E-state index contributed by atoms with van der Waals surface area (Å²) >= 11 is 0. The van der Waals surface area contributed by atoms with Gasteiger partial charge in [0.05, 0.1) is 11.4 Å². The highest BCUT2D eigenvalue weighted by molar-refractivity contribution is 5.67. The number of nitrogens with two attached hydrogens (primary N) is 1. The van der Waals surface area contributed by atoms with Crippen molar-refractivity contribution in [2.75, 3.05) is 11.1 Å². The van der Waals surface area contributed by atoms with Crippen molar-refractivity contribution >= 4 is 11.4 Å². The van der Waals surface area contributed by atoms with Crippen LogP contribution in [0, 0.1) is 12.8 Å². The van der Waals surface area contributed by atoms with E-state index in [1.807, 2.05) is 6.07 Å². The molecule has 1 aliphatic rings. The van der Waals surface area contributed by atoms with E-state index in [4.69, 9.17) is 5.73 Å². The molecule has 0 unspecified atom stereocenters. The van der Waals surface area contributed by atoms with Crippen LogP contribution in [0.1, 0.15) is 32.3 Å². The molecular formula is C13H20N2. The maximum absolute atomic E-state index is 5.99. The fourth-order valence-electron chi connectivity index (χ4n) is 2.05. The van der Waals surface area contributed by atoms with E-state index in [-0.39, 0.29) is 5.54 Å². The van der Waals surface area contributed by atoms with Crippen LogP contribution >= 0.6 is 0 Å². The molecule has 1 aliphatic carbocycles. The Hall–Kier alpha value is -1.18. The first-order valence-electron chi connectivity index (χ1n) is 5.63. The lowest BCUT2D eigenvalue weighted by Gasteiger charge is -2.28. The quantitative estimate of drug-likeness (QED) is 0.742. The molecule has 0 bridgehead atoms. The Morgan fingerprint density at radius 3 is 2.53 bits per heavy atom. The van der Waals surface area contributed by atoms with Crippen molar-refractivity contribution < 1.29 is 0 Å². The van der Waals surface area contributed by atoms with Crippen LogP contribution in [0.15, 0.2) is 18.2 Å². The minimum Gasteiger partial charge on any atom is -0.397 e. The zero-order valence-corrected chi connectivity index (χ0v) is 9.80. The third-order valence-corrected chi connectivity index (χ3v) is 3.26. The Morgan fingerprint density at radius 1 is 1.33 bits per heavy atom. The molecule has 3 N–H and O–H groups in total. The van der Waals surface area contributed by atoms with Gasteiger partial charge in [-0.1, -0.05) is 6.07 Å². The molecule has 0 aromatic heterocycles. The van der Waals surface area contributed by atoms with Gasteiger partial charge in [-0.25, -0.2) is 0 Å². The predicted molar refractivity (Wildman–Crippen MR) is 66.0 cm³/mol. The third-order valence-electron chi connectivity index (χ3n) is 3.26. The van der Waals surface area contributed by atoms with Gasteiger partial charge >= 0.3 is 0 Å². The van der Waals surface area contributed by atoms with Crippen LogP contribution in [0.25, 0.3) is 0 Å². The summed E-state index contributed by atoms with van der Waals surface area (Å²) in [4.78, 5) is 0. The van der Waals surface area contributed by atoms with Gasteiger partial charge in [-0.3, -0.25) is 0 Å². The molecule has 0 saturated heterocycles. The van der Waals surface area contributed by atoms with Crippen molar-refractivity contribution in [1.82, 2.24) is 0 Å². The average Bonchev–Trinajstić information content (AvgIpc) is 2.92. The standard InChI is InChI=1S/C13H20N2/c1-9-4-7-12(11(14)8-9)15-13(2,3)10-5-6-10/h4,7-8,10,15H,5-6,14H2,1-3H3. The van der Waals surface area contributed by atoms with Crippen LogP contribution in [0.3, 0.4) is 0 Å². The summed E-state index contributed by atoms with van der Waals surface area (Å²) in [5.41, 5.74) is 9.28. The van der Waals surface area contributed by atoms with Crippen molar-refractivity contribution in [2.24, 2.45) is 5.92 Å². The third kappa shape index (κ3) is 2.25. The SMILES string of the molecule is Cc1ccc(NC(C)(C)C2CC2)c(N)c1. The zero-order valence-electron chi connectivity index (χ0n) is 9.80. The lowest BCUT2D eigenvalue weighted by Crippen LogP contribution is -2.33. The molecule has 0 aliphatic heterocycles. The highest BCUT2D eigenvalue weighted by Crippen LogP contribution is 2.41. The zero-order chi connectivity index (χ0) is 11.1. The number of nitrogen functional groups attached to an aromatic ring is 1. The van der Waals surface area contributed by atoms with E-state index < -0.39 is 0 Å². The van der Waals surface area contributed by atoms with Crippen LogP contribution in [0.4, 0.5) is 11.4 Å². The number of benzene rings is 1. The summed E-state index contributed by atoms with van der Waals surface area (Å²) in [6.07, 6.45) is 2.68. The number of hydrogen-bond donors (Lipinski definition) is 2. The van der Waals surface area contributed by atoms with E-state index in [2.05, 4.69) is 38.2 Å². The van der Waals surface area contributed by atoms with E-state index in [1.54, 1.807) is 0 Å². The second kappa shape index (κ2) is 3.44. The van der Waals surface area contributed by atoms with Crippen LogP contribution in [-0.4, -0.2) is 5.54 Å². The molecule has 1 saturated carbocycles. The lowest BCUT2D eigenvalue weighted by molar-refractivity contribution is 0.495. The van der Waals surface area contributed by atoms with Gasteiger partial charge in [0.1, 0.15) is 0 Å². The highest BCUT2D eigenvalue weighted by Gasteiger charge is 2.37. The maximum Gasteiger partial charge on any atom is 0.0578 e. The van der Waals surface area contributed by atoms with Crippen molar-refractivity contribution in [1.29, 1.82) is 0 Å². The Balaban J connectivity index is 2.16. The molecule has 0 spiro atoms. The summed E-state index contributed by atoms with van der Waals surface area (Å²) in [6, 6.07) is 6.20. The van der Waals surface area contributed by atoms with Crippen molar-refractivity contribution in [2.45, 2.75) is 39.2 Å². The molecule has 1 fully saturated rings. The molecule has 0 amide bonds. The first kappa shape index (κ1) is 10.3. The van der Waals surface area contributed by atoms with Crippen LogP contribution in [0.5, 0.6) is 0 Å². The van der Waals surface area contributed by atoms with Gasteiger partial charge in [-0.05, 0) is 57.2 Å². The minimum absolute atomic E-state index is 0.170. The summed E-state index contributed by atoms with van der Waals surface area (Å²) in [6.45, 7) is 6.57. The smallest absolute Gasteiger partial charge is 0.0578 e. The normalized spacial score (nSPS) is 16.5. The Morgan fingerprint density at radius 2 is 2.00 bits per heavy atom. The monoisotopic (exact) mass is 204 g/mol. The maximum atomic E-state index is 5.99. The number of anilines is 2. The number of rotatable bonds is 3. The summed E-state index contributed by atoms with van der Waals surface area (Å²) < 4.78 is 0. The van der Waals surface area contributed by atoms with Crippen LogP contribution in [-0.2, 0) is 0 Å². The molecule has 0 radical (unpaired) electrons. The van der Waals surface area contributed by atoms with Crippen molar-refractivity contribution in [3.63, 3.8) is 0 Å². The molecule has 2 rings (SSSR count). The summed E-state index contributed by atoms with van der Waals surface area (Å²) in [5.74, 6) is 0.804. The average molecular weight is 204 g/mol.